The largest absolute Gasteiger partial charge is 0.480 e. The quantitative estimate of drug-likeness (QED) is 0.895. The van der Waals surface area contributed by atoms with Gasteiger partial charge in [-0.15, -0.1) is 0 Å². The van der Waals surface area contributed by atoms with E-state index in [1.54, 1.807) is 0 Å². The maximum atomic E-state index is 12.6. The molecule has 1 heterocycles. The standard InChI is InChI=1S/C14H18F3N3O2/c1-22-13-11(12(18)21)6-10(7-19-13)20-9-4-2-8(3-5-9)14(15,16)17/h6-9,20H,2-5H2,1H3,(H2,18,21). The maximum absolute atomic E-state index is 12.6. The second-order valence-corrected chi connectivity index (χ2v) is 5.38. The van der Waals surface area contributed by atoms with Crippen molar-refractivity contribution >= 4 is 11.6 Å². The lowest BCUT2D eigenvalue weighted by Crippen LogP contribution is -2.32. The van der Waals surface area contributed by atoms with Gasteiger partial charge in [-0.1, -0.05) is 0 Å². The summed E-state index contributed by atoms with van der Waals surface area (Å²) in [5.41, 5.74) is 5.93. The van der Waals surface area contributed by atoms with Gasteiger partial charge in [0.1, 0.15) is 5.56 Å². The second kappa shape index (κ2) is 6.41. The summed E-state index contributed by atoms with van der Waals surface area (Å²) in [6.45, 7) is 0. The highest BCUT2D eigenvalue weighted by Gasteiger charge is 2.41. The van der Waals surface area contributed by atoms with Gasteiger partial charge in [-0.3, -0.25) is 4.79 Å². The van der Waals surface area contributed by atoms with Crippen molar-refractivity contribution in [2.24, 2.45) is 11.7 Å². The summed E-state index contributed by atoms with van der Waals surface area (Å²) in [6, 6.07) is 1.43. The number of primary amides is 1. The summed E-state index contributed by atoms with van der Waals surface area (Å²) in [5, 5.41) is 3.11. The van der Waals surface area contributed by atoms with E-state index in [0.29, 0.717) is 18.5 Å². The number of methoxy groups -OCH3 is 1. The summed E-state index contributed by atoms with van der Waals surface area (Å²) < 4.78 is 42.8. The highest BCUT2D eigenvalue weighted by Crippen LogP contribution is 2.38. The topological polar surface area (TPSA) is 77.2 Å². The molecule has 0 unspecified atom stereocenters. The maximum Gasteiger partial charge on any atom is 0.391 e. The molecule has 122 valence electrons. The highest BCUT2D eigenvalue weighted by molar-refractivity contribution is 5.95. The first kappa shape index (κ1) is 16.4. The number of anilines is 1. The predicted octanol–water partition coefficient (Wildman–Crippen LogP) is 2.72. The van der Waals surface area contributed by atoms with Crippen molar-refractivity contribution in [1.82, 2.24) is 4.98 Å². The monoisotopic (exact) mass is 317 g/mol. The van der Waals surface area contributed by atoms with Crippen LogP contribution >= 0.6 is 0 Å². The average Bonchev–Trinajstić information content (AvgIpc) is 2.46. The number of pyridine rings is 1. The van der Waals surface area contributed by atoms with Gasteiger partial charge < -0.3 is 15.8 Å². The van der Waals surface area contributed by atoms with Crippen LogP contribution in [0.1, 0.15) is 36.0 Å². The Bertz CT molecular complexity index is 541. The Morgan fingerprint density at radius 2 is 2.00 bits per heavy atom. The average molecular weight is 317 g/mol. The second-order valence-electron chi connectivity index (χ2n) is 5.38. The van der Waals surface area contributed by atoms with Crippen LogP contribution in [0.5, 0.6) is 5.88 Å². The molecule has 1 saturated carbocycles. The molecule has 0 spiro atoms. The van der Waals surface area contributed by atoms with E-state index in [4.69, 9.17) is 10.5 Å². The summed E-state index contributed by atoms with van der Waals surface area (Å²) in [4.78, 5) is 15.3. The third-order valence-electron chi connectivity index (χ3n) is 3.87. The molecule has 1 aliphatic carbocycles. The van der Waals surface area contributed by atoms with Gasteiger partial charge in [0, 0.05) is 6.04 Å². The first-order valence-electron chi connectivity index (χ1n) is 6.98. The number of aromatic nitrogens is 1. The van der Waals surface area contributed by atoms with E-state index < -0.39 is 18.0 Å². The van der Waals surface area contributed by atoms with Crippen molar-refractivity contribution in [2.75, 3.05) is 12.4 Å². The van der Waals surface area contributed by atoms with Crippen molar-refractivity contribution in [1.29, 1.82) is 0 Å². The fourth-order valence-corrected chi connectivity index (χ4v) is 2.67. The molecule has 8 heteroatoms. The first-order valence-corrected chi connectivity index (χ1v) is 6.98. The smallest absolute Gasteiger partial charge is 0.391 e. The number of carbonyl (C=O) groups excluding carboxylic acids is 1. The number of amides is 1. The van der Waals surface area contributed by atoms with Crippen molar-refractivity contribution in [3.8, 4) is 5.88 Å². The van der Waals surface area contributed by atoms with E-state index in [1.807, 2.05) is 0 Å². The fourth-order valence-electron chi connectivity index (χ4n) is 2.67. The highest BCUT2D eigenvalue weighted by atomic mass is 19.4. The number of nitrogens with zero attached hydrogens (tertiary/aromatic N) is 1. The molecule has 1 aliphatic rings. The fraction of sp³-hybridized carbons (Fsp3) is 0.571. The normalized spacial score (nSPS) is 22.2. The van der Waals surface area contributed by atoms with Crippen LogP contribution in [0.2, 0.25) is 0 Å². The lowest BCUT2D eigenvalue weighted by atomic mass is 9.85. The Morgan fingerprint density at radius 3 is 2.50 bits per heavy atom. The molecule has 0 saturated heterocycles. The minimum Gasteiger partial charge on any atom is -0.480 e. The molecule has 1 aromatic heterocycles. The molecule has 1 aromatic rings. The van der Waals surface area contributed by atoms with Crippen molar-refractivity contribution in [3.05, 3.63) is 17.8 Å². The molecule has 0 aromatic carbocycles. The molecule has 2 rings (SSSR count). The molecule has 1 amide bonds. The van der Waals surface area contributed by atoms with E-state index >= 15 is 0 Å². The van der Waals surface area contributed by atoms with Crippen LogP contribution in [-0.4, -0.2) is 30.2 Å². The van der Waals surface area contributed by atoms with Crippen molar-refractivity contribution < 1.29 is 22.7 Å². The van der Waals surface area contributed by atoms with E-state index in [0.717, 1.165) is 0 Å². The zero-order valence-electron chi connectivity index (χ0n) is 12.1. The van der Waals surface area contributed by atoms with Crippen LogP contribution in [0.15, 0.2) is 12.3 Å². The Balaban J connectivity index is 2.01. The first-order chi connectivity index (χ1) is 10.3. The van der Waals surface area contributed by atoms with Crippen LogP contribution in [-0.2, 0) is 0 Å². The lowest BCUT2D eigenvalue weighted by molar-refractivity contribution is -0.182. The molecule has 0 bridgehead atoms. The Kier molecular flexibility index (Phi) is 4.77. The summed E-state index contributed by atoms with van der Waals surface area (Å²) >= 11 is 0. The van der Waals surface area contributed by atoms with Gasteiger partial charge in [0.15, 0.2) is 0 Å². The van der Waals surface area contributed by atoms with Crippen LogP contribution in [0, 0.1) is 5.92 Å². The Morgan fingerprint density at radius 1 is 1.36 bits per heavy atom. The van der Waals surface area contributed by atoms with Crippen LogP contribution in [0.25, 0.3) is 0 Å². The lowest BCUT2D eigenvalue weighted by Gasteiger charge is -2.30. The van der Waals surface area contributed by atoms with Crippen molar-refractivity contribution in [3.63, 3.8) is 0 Å². The minimum atomic E-state index is -4.12. The number of hydrogen-bond acceptors (Lipinski definition) is 4. The number of ether oxygens (including phenoxy) is 1. The molecule has 0 atom stereocenters. The molecular formula is C14H18F3N3O2. The molecule has 0 radical (unpaired) electrons. The predicted molar refractivity (Wildman–Crippen MR) is 74.7 cm³/mol. The van der Waals surface area contributed by atoms with Gasteiger partial charge in [-0.05, 0) is 31.7 Å². The molecule has 3 N–H and O–H groups in total. The molecular weight excluding hydrogens is 299 g/mol. The molecule has 5 nitrogen and oxygen atoms in total. The number of alkyl halides is 3. The summed E-state index contributed by atoms with van der Waals surface area (Å²) in [5.74, 6) is -1.77. The third kappa shape index (κ3) is 3.80. The molecule has 22 heavy (non-hydrogen) atoms. The number of nitrogens with one attached hydrogen (secondary N) is 1. The van der Waals surface area contributed by atoms with Gasteiger partial charge in [0.2, 0.25) is 5.88 Å². The minimum absolute atomic E-state index is 0.0745. The summed E-state index contributed by atoms with van der Waals surface area (Å²) in [6.07, 6.45) is -1.60. The zero-order valence-corrected chi connectivity index (χ0v) is 12.1. The number of nitrogens with two attached hydrogens (primary N) is 1. The number of rotatable bonds is 4. The van der Waals surface area contributed by atoms with Gasteiger partial charge in [-0.2, -0.15) is 13.2 Å². The van der Waals surface area contributed by atoms with Crippen LogP contribution < -0.4 is 15.8 Å². The van der Waals surface area contributed by atoms with E-state index in [2.05, 4.69) is 10.3 Å². The van der Waals surface area contributed by atoms with E-state index in [-0.39, 0.29) is 30.3 Å². The Labute approximate surface area is 126 Å². The van der Waals surface area contributed by atoms with E-state index in [1.165, 1.54) is 19.4 Å². The SMILES string of the molecule is COc1ncc(NC2CCC(C(F)(F)F)CC2)cc1C(N)=O. The van der Waals surface area contributed by atoms with Gasteiger partial charge >= 0.3 is 6.18 Å². The molecule has 1 fully saturated rings. The van der Waals surface area contributed by atoms with Gasteiger partial charge in [-0.25, -0.2) is 4.98 Å². The van der Waals surface area contributed by atoms with Crippen LogP contribution in [0.3, 0.4) is 0 Å². The molecule has 0 aliphatic heterocycles. The van der Waals surface area contributed by atoms with Gasteiger partial charge in [0.25, 0.3) is 5.91 Å². The number of hydrogen-bond donors (Lipinski definition) is 2. The number of halogens is 3. The van der Waals surface area contributed by atoms with Crippen molar-refractivity contribution in [2.45, 2.75) is 37.9 Å². The third-order valence-corrected chi connectivity index (χ3v) is 3.87. The zero-order chi connectivity index (χ0) is 16.3. The number of carbonyl (C=O) groups is 1. The van der Waals surface area contributed by atoms with Gasteiger partial charge in [0.05, 0.1) is 24.9 Å². The van der Waals surface area contributed by atoms with Crippen LogP contribution in [0.4, 0.5) is 18.9 Å². The summed E-state index contributed by atoms with van der Waals surface area (Å²) in [7, 11) is 1.38. The van der Waals surface area contributed by atoms with E-state index in [9.17, 15) is 18.0 Å². The Hall–Kier alpha value is -1.99.